The van der Waals surface area contributed by atoms with E-state index in [-0.39, 0.29) is 0 Å². The maximum atomic E-state index is 3.98. The molecule has 0 amide bonds. The Balaban J connectivity index is 2.22. The van der Waals surface area contributed by atoms with E-state index in [1.807, 2.05) is 0 Å². The van der Waals surface area contributed by atoms with Crippen LogP contribution in [0.1, 0.15) is 25.8 Å². The molecular formula is C12H19NS. The van der Waals surface area contributed by atoms with Crippen molar-refractivity contribution >= 4 is 11.3 Å². The maximum Gasteiger partial charge on any atom is 0.0164 e. The summed E-state index contributed by atoms with van der Waals surface area (Å²) >= 11 is 1.77. The molecule has 0 spiro atoms. The summed E-state index contributed by atoms with van der Waals surface area (Å²) in [4.78, 5) is 0. The van der Waals surface area contributed by atoms with Gasteiger partial charge in [-0.25, -0.2) is 0 Å². The van der Waals surface area contributed by atoms with Crippen LogP contribution >= 0.6 is 11.3 Å². The first-order valence-electron chi connectivity index (χ1n) is 5.13. The minimum atomic E-state index is 0.535. The van der Waals surface area contributed by atoms with Crippen LogP contribution in [0.3, 0.4) is 0 Å². The van der Waals surface area contributed by atoms with E-state index in [0.717, 1.165) is 19.4 Å². The van der Waals surface area contributed by atoms with Crippen molar-refractivity contribution in [2.75, 3.05) is 6.54 Å². The molecule has 1 atom stereocenters. The highest BCUT2D eigenvalue weighted by molar-refractivity contribution is 7.07. The fraction of sp³-hybridized carbons (Fsp3) is 0.500. The summed E-state index contributed by atoms with van der Waals surface area (Å²) in [5.41, 5.74) is 2.71. The molecule has 1 aromatic rings. The summed E-state index contributed by atoms with van der Waals surface area (Å²) in [6.45, 7) is 9.30. The SMILES string of the molecule is C=C(CC)CNC(C)Cc1ccsc1. The van der Waals surface area contributed by atoms with Crippen LogP contribution in [0.5, 0.6) is 0 Å². The van der Waals surface area contributed by atoms with Crippen molar-refractivity contribution in [2.24, 2.45) is 0 Å². The molecule has 0 aliphatic heterocycles. The molecule has 14 heavy (non-hydrogen) atoms. The molecule has 0 radical (unpaired) electrons. The van der Waals surface area contributed by atoms with Crippen molar-refractivity contribution in [3.63, 3.8) is 0 Å². The standard InChI is InChI=1S/C12H19NS/c1-4-10(2)8-13-11(3)7-12-5-6-14-9-12/h5-6,9,11,13H,2,4,7-8H2,1,3H3. The number of nitrogens with one attached hydrogen (secondary N) is 1. The van der Waals surface area contributed by atoms with E-state index >= 15 is 0 Å². The Morgan fingerprint density at radius 2 is 2.43 bits per heavy atom. The lowest BCUT2D eigenvalue weighted by atomic mass is 10.1. The lowest BCUT2D eigenvalue weighted by Crippen LogP contribution is -2.29. The van der Waals surface area contributed by atoms with Crippen LogP contribution in [0, 0.1) is 0 Å². The van der Waals surface area contributed by atoms with Crippen molar-refractivity contribution in [2.45, 2.75) is 32.7 Å². The highest BCUT2D eigenvalue weighted by Gasteiger charge is 2.03. The van der Waals surface area contributed by atoms with Crippen LogP contribution in [0.4, 0.5) is 0 Å². The van der Waals surface area contributed by atoms with Crippen molar-refractivity contribution < 1.29 is 0 Å². The second-order valence-electron chi connectivity index (χ2n) is 3.72. The maximum absolute atomic E-state index is 3.98. The molecule has 1 N–H and O–H groups in total. The number of hydrogen-bond acceptors (Lipinski definition) is 2. The first-order valence-corrected chi connectivity index (χ1v) is 6.07. The summed E-state index contributed by atoms with van der Waals surface area (Å²) in [7, 11) is 0. The van der Waals surface area contributed by atoms with E-state index in [2.05, 4.69) is 42.6 Å². The van der Waals surface area contributed by atoms with E-state index in [4.69, 9.17) is 0 Å². The molecule has 1 aromatic heterocycles. The van der Waals surface area contributed by atoms with Gasteiger partial charge in [-0.05, 0) is 42.2 Å². The van der Waals surface area contributed by atoms with Gasteiger partial charge in [-0.1, -0.05) is 19.1 Å². The van der Waals surface area contributed by atoms with E-state index < -0.39 is 0 Å². The van der Waals surface area contributed by atoms with Gasteiger partial charge in [-0.15, -0.1) is 0 Å². The summed E-state index contributed by atoms with van der Waals surface area (Å²) in [6, 6.07) is 2.73. The zero-order chi connectivity index (χ0) is 10.4. The average molecular weight is 209 g/mol. The third-order valence-electron chi connectivity index (χ3n) is 2.32. The minimum Gasteiger partial charge on any atom is -0.310 e. The number of rotatable bonds is 6. The van der Waals surface area contributed by atoms with Gasteiger partial charge in [0.2, 0.25) is 0 Å². The molecular weight excluding hydrogens is 190 g/mol. The first kappa shape index (κ1) is 11.5. The van der Waals surface area contributed by atoms with E-state index in [0.29, 0.717) is 6.04 Å². The largest absolute Gasteiger partial charge is 0.310 e. The van der Waals surface area contributed by atoms with Gasteiger partial charge in [0, 0.05) is 12.6 Å². The molecule has 0 saturated carbocycles. The van der Waals surface area contributed by atoms with Crippen LogP contribution in [-0.4, -0.2) is 12.6 Å². The second-order valence-corrected chi connectivity index (χ2v) is 4.50. The lowest BCUT2D eigenvalue weighted by Gasteiger charge is -2.13. The summed E-state index contributed by atoms with van der Waals surface area (Å²) in [5.74, 6) is 0. The average Bonchev–Trinajstić information content (AvgIpc) is 2.66. The Labute approximate surface area is 90.9 Å². The smallest absolute Gasteiger partial charge is 0.0164 e. The molecule has 1 unspecified atom stereocenters. The van der Waals surface area contributed by atoms with Crippen LogP contribution in [0.2, 0.25) is 0 Å². The van der Waals surface area contributed by atoms with Gasteiger partial charge >= 0.3 is 0 Å². The third-order valence-corrected chi connectivity index (χ3v) is 3.05. The van der Waals surface area contributed by atoms with Gasteiger partial charge in [0.25, 0.3) is 0 Å². The van der Waals surface area contributed by atoms with Gasteiger partial charge in [0.15, 0.2) is 0 Å². The van der Waals surface area contributed by atoms with Gasteiger partial charge < -0.3 is 5.32 Å². The van der Waals surface area contributed by atoms with E-state index in [9.17, 15) is 0 Å². The first-order chi connectivity index (χ1) is 6.72. The molecule has 2 heteroatoms. The predicted octanol–water partition coefficient (Wildman–Crippen LogP) is 3.23. The van der Waals surface area contributed by atoms with Crippen LogP contribution in [0.15, 0.2) is 29.0 Å². The zero-order valence-electron chi connectivity index (χ0n) is 9.05. The van der Waals surface area contributed by atoms with Crippen molar-refractivity contribution in [3.05, 3.63) is 34.5 Å². The zero-order valence-corrected chi connectivity index (χ0v) is 9.86. The third kappa shape index (κ3) is 4.07. The summed E-state index contributed by atoms with van der Waals surface area (Å²) < 4.78 is 0. The van der Waals surface area contributed by atoms with Crippen molar-refractivity contribution in [3.8, 4) is 0 Å². The molecule has 0 aromatic carbocycles. The highest BCUT2D eigenvalue weighted by Crippen LogP contribution is 2.08. The molecule has 1 nitrogen and oxygen atoms in total. The molecule has 78 valence electrons. The predicted molar refractivity (Wildman–Crippen MR) is 64.9 cm³/mol. The van der Waals surface area contributed by atoms with Gasteiger partial charge in [-0.3, -0.25) is 0 Å². The molecule has 0 aliphatic carbocycles. The summed E-state index contributed by atoms with van der Waals surface area (Å²) in [5, 5.41) is 7.82. The summed E-state index contributed by atoms with van der Waals surface area (Å²) in [6.07, 6.45) is 2.18. The fourth-order valence-electron chi connectivity index (χ4n) is 1.28. The van der Waals surface area contributed by atoms with Crippen molar-refractivity contribution in [1.29, 1.82) is 0 Å². The monoisotopic (exact) mass is 209 g/mol. The van der Waals surface area contributed by atoms with Crippen LogP contribution in [0.25, 0.3) is 0 Å². The van der Waals surface area contributed by atoms with Crippen LogP contribution in [-0.2, 0) is 6.42 Å². The topological polar surface area (TPSA) is 12.0 Å². The van der Waals surface area contributed by atoms with E-state index in [1.54, 1.807) is 11.3 Å². The Morgan fingerprint density at radius 3 is 3.00 bits per heavy atom. The number of thiophene rings is 1. The minimum absolute atomic E-state index is 0.535. The highest BCUT2D eigenvalue weighted by atomic mass is 32.1. The Morgan fingerprint density at radius 1 is 1.64 bits per heavy atom. The van der Waals surface area contributed by atoms with E-state index in [1.165, 1.54) is 11.1 Å². The Bertz CT molecular complexity index is 264. The molecule has 1 rings (SSSR count). The van der Waals surface area contributed by atoms with Gasteiger partial charge in [0.05, 0.1) is 0 Å². The van der Waals surface area contributed by atoms with Gasteiger partial charge in [-0.2, -0.15) is 11.3 Å². The molecule has 0 fully saturated rings. The molecule has 0 bridgehead atoms. The lowest BCUT2D eigenvalue weighted by molar-refractivity contribution is 0.569. The second kappa shape index (κ2) is 5.99. The normalized spacial score (nSPS) is 12.7. The van der Waals surface area contributed by atoms with Crippen LogP contribution < -0.4 is 5.32 Å². The number of hydrogen-bond donors (Lipinski definition) is 1. The molecule has 1 heterocycles. The molecule has 0 saturated heterocycles. The Hall–Kier alpha value is -0.600. The fourth-order valence-corrected chi connectivity index (χ4v) is 1.96. The Kier molecular flexibility index (Phi) is 4.91. The van der Waals surface area contributed by atoms with Crippen molar-refractivity contribution in [1.82, 2.24) is 5.32 Å². The van der Waals surface area contributed by atoms with Gasteiger partial charge in [0.1, 0.15) is 0 Å². The quantitative estimate of drug-likeness (QED) is 0.709. The molecule has 0 aliphatic rings.